The Kier molecular flexibility index (Phi) is 4.43. The number of carbonyl (C=O) groups is 1. The minimum atomic E-state index is 0.0742. The molecule has 1 amide bonds. The van der Waals surface area contributed by atoms with Crippen molar-refractivity contribution in [2.24, 2.45) is 0 Å². The summed E-state index contributed by atoms with van der Waals surface area (Å²) in [5, 5.41) is 3.00. The third-order valence-corrected chi connectivity index (χ3v) is 3.88. The molecule has 1 aromatic rings. The van der Waals surface area contributed by atoms with E-state index in [0.29, 0.717) is 6.04 Å². The van der Waals surface area contributed by atoms with Crippen LogP contribution in [0.4, 0.5) is 5.69 Å². The molecule has 2 rings (SSSR count). The van der Waals surface area contributed by atoms with Gasteiger partial charge < -0.3 is 11.1 Å². The van der Waals surface area contributed by atoms with Crippen molar-refractivity contribution < 1.29 is 4.79 Å². The smallest absolute Gasteiger partial charge is 0.217 e. The predicted octanol–water partition coefficient (Wildman–Crippen LogP) is 1.68. The molecule has 104 valence electrons. The predicted molar refractivity (Wildman–Crippen MR) is 77.7 cm³/mol. The molecule has 1 aliphatic rings. The summed E-state index contributed by atoms with van der Waals surface area (Å²) in [7, 11) is 0. The van der Waals surface area contributed by atoms with Crippen LogP contribution < -0.4 is 11.1 Å². The molecule has 1 heterocycles. The van der Waals surface area contributed by atoms with Crippen molar-refractivity contribution in [2.75, 3.05) is 18.8 Å². The van der Waals surface area contributed by atoms with Crippen LogP contribution in [0.5, 0.6) is 0 Å². The van der Waals surface area contributed by atoms with Gasteiger partial charge in [0, 0.05) is 38.3 Å². The summed E-state index contributed by atoms with van der Waals surface area (Å²) in [6, 6.07) is 6.45. The Labute approximate surface area is 115 Å². The van der Waals surface area contributed by atoms with Gasteiger partial charge in [-0.1, -0.05) is 12.1 Å². The average molecular weight is 261 g/mol. The van der Waals surface area contributed by atoms with E-state index >= 15 is 0 Å². The van der Waals surface area contributed by atoms with Crippen LogP contribution in [0.25, 0.3) is 0 Å². The molecule has 4 heteroatoms. The lowest BCUT2D eigenvalue weighted by molar-refractivity contribution is -0.119. The van der Waals surface area contributed by atoms with E-state index in [9.17, 15) is 4.79 Å². The number of likely N-dealkylation sites (tertiary alicyclic amines) is 1. The second kappa shape index (κ2) is 6.06. The maximum absolute atomic E-state index is 11.0. The van der Waals surface area contributed by atoms with Crippen LogP contribution in [0.15, 0.2) is 18.2 Å². The molecule has 0 atom stereocenters. The third kappa shape index (κ3) is 3.70. The molecule has 1 saturated heterocycles. The third-order valence-electron chi connectivity index (χ3n) is 3.88. The molecule has 1 fully saturated rings. The van der Waals surface area contributed by atoms with E-state index < -0.39 is 0 Å². The SMILES string of the molecule is CC(=O)NC1CCN(Cc2cccc(N)c2C)CC1. The Balaban J connectivity index is 1.89. The van der Waals surface area contributed by atoms with Gasteiger partial charge in [-0.3, -0.25) is 9.69 Å². The van der Waals surface area contributed by atoms with E-state index in [1.807, 2.05) is 12.1 Å². The van der Waals surface area contributed by atoms with Crippen LogP contribution >= 0.6 is 0 Å². The van der Waals surface area contributed by atoms with Crippen molar-refractivity contribution in [3.63, 3.8) is 0 Å². The Hall–Kier alpha value is -1.55. The summed E-state index contributed by atoms with van der Waals surface area (Å²) in [5.41, 5.74) is 9.29. The molecular formula is C15H23N3O. The summed E-state index contributed by atoms with van der Waals surface area (Å²) in [6.45, 7) is 6.67. The van der Waals surface area contributed by atoms with Gasteiger partial charge in [0.2, 0.25) is 5.91 Å². The Morgan fingerprint density at radius 1 is 1.42 bits per heavy atom. The number of amides is 1. The van der Waals surface area contributed by atoms with Gasteiger partial charge in [0.1, 0.15) is 0 Å². The van der Waals surface area contributed by atoms with Crippen molar-refractivity contribution in [1.82, 2.24) is 10.2 Å². The average Bonchev–Trinajstić information content (AvgIpc) is 2.37. The Morgan fingerprint density at radius 2 is 2.11 bits per heavy atom. The lowest BCUT2D eigenvalue weighted by Gasteiger charge is -2.32. The Bertz CT molecular complexity index is 451. The van der Waals surface area contributed by atoms with E-state index in [0.717, 1.165) is 38.2 Å². The highest BCUT2D eigenvalue weighted by molar-refractivity contribution is 5.73. The van der Waals surface area contributed by atoms with Crippen molar-refractivity contribution >= 4 is 11.6 Å². The largest absolute Gasteiger partial charge is 0.399 e. The first kappa shape index (κ1) is 13.9. The van der Waals surface area contributed by atoms with Crippen molar-refractivity contribution in [3.05, 3.63) is 29.3 Å². The minimum Gasteiger partial charge on any atom is -0.399 e. The fourth-order valence-corrected chi connectivity index (χ4v) is 2.64. The number of nitrogen functional groups attached to an aromatic ring is 1. The molecule has 0 bridgehead atoms. The van der Waals surface area contributed by atoms with E-state index in [1.165, 1.54) is 11.1 Å². The molecule has 4 nitrogen and oxygen atoms in total. The molecule has 0 aromatic heterocycles. The van der Waals surface area contributed by atoms with Crippen molar-refractivity contribution in [1.29, 1.82) is 0 Å². The number of rotatable bonds is 3. The zero-order valence-corrected chi connectivity index (χ0v) is 11.8. The maximum atomic E-state index is 11.0. The van der Waals surface area contributed by atoms with Crippen LogP contribution in [0, 0.1) is 6.92 Å². The fraction of sp³-hybridized carbons (Fsp3) is 0.533. The van der Waals surface area contributed by atoms with Crippen LogP contribution in [0.2, 0.25) is 0 Å². The van der Waals surface area contributed by atoms with Crippen molar-refractivity contribution in [3.8, 4) is 0 Å². The van der Waals surface area contributed by atoms with E-state index in [2.05, 4.69) is 23.2 Å². The molecular weight excluding hydrogens is 238 g/mol. The number of nitrogens with one attached hydrogen (secondary N) is 1. The number of anilines is 1. The quantitative estimate of drug-likeness (QED) is 0.814. The summed E-state index contributed by atoms with van der Waals surface area (Å²) < 4.78 is 0. The number of hydrogen-bond acceptors (Lipinski definition) is 3. The first-order chi connectivity index (χ1) is 9.06. The number of hydrogen-bond donors (Lipinski definition) is 2. The standard InChI is InChI=1S/C15H23N3O/c1-11-13(4-3-5-15(11)16)10-18-8-6-14(7-9-18)17-12(2)19/h3-5,14H,6-10,16H2,1-2H3,(H,17,19). The first-order valence-electron chi connectivity index (χ1n) is 6.89. The zero-order chi connectivity index (χ0) is 13.8. The topological polar surface area (TPSA) is 58.4 Å². The second-order valence-electron chi connectivity index (χ2n) is 5.38. The van der Waals surface area contributed by atoms with Crippen LogP contribution in [-0.4, -0.2) is 29.9 Å². The Morgan fingerprint density at radius 3 is 2.74 bits per heavy atom. The molecule has 0 spiro atoms. The van der Waals surface area contributed by atoms with E-state index in [-0.39, 0.29) is 5.91 Å². The summed E-state index contributed by atoms with van der Waals surface area (Å²) in [4.78, 5) is 13.5. The molecule has 0 aliphatic carbocycles. The highest BCUT2D eigenvalue weighted by atomic mass is 16.1. The molecule has 0 saturated carbocycles. The molecule has 1 aliphatic heterocycles. The molecule has 1 aromatic carbocycles. The minimum absolute atomic E-state index is 0.0742. The van der Waals surface area contributed by atoms with Crippen LogP contribution in [0.1, 0.15) is 30.9 Å². The zero-order valence-electron chi connectivity index (χ0n) is 11.8. The summed E-state index contributed by atoms with van der Waals surface area (Å²) in [6.07, 6.45) is 2.06. The van der Waals surface area contributed by atoms with E-state index in [1.54, 1.807) is 6.92 Å². The lowest BCUT2D eigenvalue weighted by Crippen LogP contribution is -2.43. The number of carbonyl (C=O) groups excluding carboxylic acids is 1. The number of nitrogens with two attached hydrogens (primary N) is 1. The van der Waals surface area contributed by atoms with Gasteiger partial charge in [-0.2, -0.15) is 0 Å². The van der Waals surface area contributed by atoms with Crippen molar-refractivity contribution in [2.45, 2.75) is 39.3 Å². The van der Waals surface area contributed by atoms with Gasteiger partial charge in [-0.15, -0.1) is 0 Å². The highest BCUT2D eigenvalue weighted by Gasteiger charge is 2.20. The van der Waals surface area contributed by atoms with Crippen LogP contribution in [-0.2, 0) is 11.3 Å². The number of benzene rings is 1. The summed E-state index contributed by atoms with van der Waals surface area (Å²) >= 11 is 0. The maximum Gasteiger partial charge on any atom is 0.217 e. The van der Waals surface area contributed by atoms with Crippen LogP contribution in [0.3, 0.4) is 0 Å². The first-order valence-corrected chi connectivity index (χ1v) is 6.89. The highest BCUT2D eigenvalue weighted by Crippen LogP contribution is 2.19. The van der Waals surface area contributed by atoms with Gasteiger partial charge in [0.25, 0.3) is 0 Å². The monoisotopic (exact) mass is 261 g/mol. The summed E-state index contributed by atoms with van der Waals surface area (Å²) in [5.74, 6) is 0.0742. The van der Waals surface area contributed by atoms with Gasteiger partial charge in [-0.05, 0) is 37.0 Å². The van der Waals surface area contributed by atoms with E-state index in [4.69, 9.17) is 5.73 Å². The second-order valence-corrected chi connectivity index (χ2v) is 5.38. The van der Waals surface area contributed by atoms with Gasteiger partial charge in [-0.25, -0.2) is 0 Å². The number of nitrogens with zero attached hydrogens (tertiary/aromatic N) is 1. The normalized spacial score (nSPS) is 17.4. The molecule has 19 heavy (non-hydrogen) atoms. The molecule has 3 N–H and O–H groups in total. The molecule has 0 unspecified atom stereocenters. The van der Waals surface area contributed by atoms with Gasteiger partial charge in [0.05, 0.1) is 0 Å². The molecule has 0 radical (unpaired) electrons. The number of piperidine rings is 1. The van der Waals surface area contributed by atoms with Gasteiger partial charge >= 0.3 is 0 Å². The lowest BCUT2D eigenvalue weighted by atomic mass is 10.0. The fourth-order valence-electron chi connectivity index (χ4n) is 2.64. The van der Waals surface area contributed by atoms with Gasteiger partial charge in [0.15, 0.2) is 0 Å².